The molecule has 0 atom stereocenters. The molecule has 0 bridgehead atoms. The van der Waals surface area contributed by atoms with Crippen molar-refractivity contribution in [3.05, 3.63) is 42.1 Å². The molecular formula is C15H14N2O5. The van der Waals surface area contributed by atoms with Gasteiger partial charge in [0.05, 0.1) is 16.8 Å². The minimum Gasteiger partial charge on any atom is -0.478 e. The van der Waals surface area contributed by atoms with Crippen molar-refractivity contribution in [1.82, 2.24) is 4.57 Å². The van der Waals surface area contributed by atoms with Gasteiger partial charge in [-0.1, -0.05) is 12.2 Å². The summed E-state index contributed by atoms with van der Waals surface area (Å²) in [4.78, 5) is 33.2. The Hall–Kier alpha value is -3.09. The van der Waals surface area contributed by atoms with E-state index in [-0.39, 0.29) is 11.3 Å². The number of hydrogen-bond acceptors (Lipinski definition) is 3. The van der Waals surface area contributed by atoms with E-state index >= 15 is 0 Å². The number of nitrogens with one attached hydrogen (secondary N) is 1. The molecule has 1 aromatic carbocycles. The van der Waals surface area contributed by atoms with Crippen molar-refractivity contribution < 1.29 is 24.6 Å². The topological polar surface area (TPSA) is 109 Å². The highest BCUT2D eigenvalue weighted by Crippen LogP contribution is 2.26. The molecule has 7 nitrogen and oxygen atoms in total. The predicted molar refractivity (Wildman–Crippen MR) is 80.0 cm³/mol. The van der Waals surface area contributed by atoms with Gasteiger partial charge in [-0.25, -0.2) is 9.59 Å². The molecule has 0 aliphatic rings. The molecule has 0 radical (unpaired) electrons. The number of rotatable bonds is 4. The highest BCUT2D eigenvalue weighted by Gasteiger charge is 2.18. The summed E-state index contributed by atoms with van der Waals surface area (Å²) in [6.45, 7) is 6.20. The number of carboxylic acid groups (broad SMARTS) is 2. The van der Waals surface area contributed by atoms with E-state index in [1.54, 1.807) is 12.3 Å². The molecule has 7 heteroatoms. The third-order valence-corrected chi connectivity index (χ3v) is 3.02. The van der Waals surface area contributed by atoms with E-state index in [4.69, 9.17) is 5.11 Å². The molecule has 1 aromatic heterocycles. The van der Waals surface area contributed by atoms with Crippen LogP contribution in [-0.4, -0.2) is 32.6 Å². The number of carbonyl (C=O) groups excluding carboxylic acids is 1. The summed E-state index contributed by atoms with van der Waals surface area (Å²) in [5, 5.41) is 20.6. The van der Waals surface area contributed by atoms with Gasteiger partial charge in [0.1, 0.15) is 0 Å². The highest BCUT2D eigenvalue weighted by atomic mass is 16.4. The molecule has 0 fully saturated rings. The lowest BCUT2D eigenvalue weighted by molar-refractivity contribution is -0.147. The maximum Gasteiger partial charge on any atom is 0.394 e. The lowest BCUT2D eigenvalue weighted by atomic mass is 10.1. The van der Waals surface area contributed by atoms with Crippen LogP contribution in [0.5, 0.6) is 0 Å². The Morgan fingerprint density at radius 2 is 1.95 bits per heavy atom. The van der Waals surface area contributed by atoms with Gasteiger partial charge in [-0.3, -0.25) is 4.79 Å². The summed E-state index contributed by atoms with van der Waals surface area (Å²) in [6.07, 6.45) is 1.77. The zero-order valence-corrected chi connectivity index (χ0v) is 11.8. The summed E-state index contributed by atoms with van der Waals surface area (Å²) in [7, 11) is 0. The van der Waals surface area contributed by atoms with Gasteiger partial charge in [-0.05, 0) is 25.1 Å². The van der Waals surface area contributed by atoms with Gasteiger partial charge in [0.2, 0.25) is 0 Å². The predicted octanol–water partition coefficient (Wildman–Crippen LogP) is 1.94. The van der Waals surface area contributed by atoms with Crippen molar-refractivity contribution in [2.45, 2.75) is 13.5 Å². The second-order valence-corrected chi connectivity index (χ2v) is 4.92. The van der Waals surface area contributed by atoms with Crippen molar-refractivity contribution >= 4 is 34.4 Å². The molecule has 1 heterocycles. The fourth-order valence-corrected chi connectivity index (χ4v) is 2.12. The van der Waals surface area contributed by atoms with E-state index in [1.807, 2.05) is 11.5 Å². The summed E-state index contributed by atoms with van der Waals surface area (Å²) in [5.41, 5.74) is 1.34. The lowest BCUT2D eigenvalue weighted by Gasteiger charge is -2.10. The Labute approximate surface area is 125 Å². The van der Waals surface area contributed by atoms with E-state index in [0.717, 1.165) is 5.57 Å². The molecule has 0 saturated heterocycles. The molecular weight excluding hydrogens is 288 g/mol. The number of aromatic nitrogens is 1. The second kappa shape index (κ2) is 5.72. The molecule has 22 heavy (non-hydrogen) atoms. The van der Waals surface area contributed by atoms with Crippen molar-refractivity contribution in [3.63, 3.8) is 0 Å². The highest BCUT2D eigenvalue weighted by molar-refractivity contribution is 6.37. The monoisotopic (exact) mass is 302 g/mol. The first-order chi connectivity index (χ1) is 10.3. The molecule has 0 spiro atoms. The normalized spacial score (nSPS) is 10.4. The fourth-order valence-electron chi connectivity index (χ4n) is 2.12. The van der Waals surface area contributed by atoms with Gasteiger partial charge >= 0.3 is 17.8 Å². The standard InChI is InChI=1S/C15H14N2O5/c1-8(2)7-17-4-3-9-5-10(14(19)20)11(6-12(9)17)16-13(18)15(21)22/h3-6H,1,7H2,2H3,(H,16,18)(H,19,20)(H,21,22). The van der Waals surface area contributed by atoms with E-state index < -0.39 is 17.8 Å². The molecule has 3 N–H and O–H groups in total. The maximum atomic E-state index is 11.3. The number of allylic oxidation sites excluding steroid dienone is 1. The minimum absolute atomic E-state index is 0.0611. The largest absolute Gasteiger partial charge is 0.478 e. The number of fused-ring (bicyclic) bond motifs is 1. The Balaban J connectivity index is 2.57. The number of amides is 1. The molecule has 0 unspecified atom stereocenters. The van der Waals surface area contributed by atoms with Gasteiger partial charge in [0.15, 0.2) is 0 Å². The van der Waals surface area contributed by atoms with Gasteiger partial charge in [-0.2, -0.15) is 0 Å². The van der Waals surface area contributed by atoms with Crippen LogP contribution < -0.4 is 5.32 Å². The van der Waals surface area contributed by atoms with E-state index in [9.17, 15) is 19.5 Å². The van der Waals surface area contributed by atoms with Crippen LogP contribution >= 0.6 is 0 Å². The minimum atomic E-state index is -1.69. The van der Waals surface area contributed by atoms with Crippen LogP contribution in [0, 0.1) is 0 Å². The summed E-state index contributed by atoms with van der Waals surface area (Å²) < 4.78 is 1.83. The van der Waals surface area contributed by atoms with Gasteiger partial charge < -0.3 is 20.1 Å². The van der Waals surface area contributed by atoms with Crippen molar-refractivity contribution in [2.24, 2.45) is 0 Å². The quantitative estimate of drug-likeness (QED) is 0.590. The van der Waals surface area contributed by atoms with Crippen molar-refractivity contribution in [3.8, 4) is 0 Å². The number of aromatic carboxylic acids is 1. The summed E-state index contributed by atoms with van der Waals surface area (Å²) >= 11 is 0. The average Bonchev–Trinajstić information content (AvgIpc) is 2.79. The molecule has 0 aliphatic carbocycles. The van der Waals surface area contributed by atoms with Crippen molar-refractivity contribution in [1.29, 1.82) is 0 Å². The molecule has 0 saturated carbocycles. The third kappa shape index (κ3) is 2.98. The van der Waals surface area contributed by atoms with Crippen molar-refractivity contribution in [2.75, 3.05) is 5.32 Å². The number of carboxylic acids is 2. The van der Waals surface area contributed by atoms with Gasteiger partial charge in [-0.15, -0.1) is 0 Å². The van der Waals surface area contributed by atoms with Crippen LogP contribution in [0.1, 0.15) is 17.3 Å². The van der Waals surface area contributed by atoms with E-state index in [2.05, 4.69) is 11.9 Å². The number of carbonyl (C=O) groups is 3. The van der Waals surface area contributed by atoms with Crippen LogP contribution in [0.25, 0.3) is 10.9 Å². The second-order valence-electron chi connectivity index (χ2n) is 4.92. The first-order valence-corrected chi connectivity index (χ1v) is 6.34. The maximum absolute atomic E-state index is 11.3. The molecule has 1 amide bonds. The smallest absolute Gasteiger partial charge is 0.394 e. The van der Waals surface area contributed by atoms with Gasteiger partial charge in [0.25, 0.3) is 0 Å². The first kappa shape index (κ1) is 15.3. The van der Waals surface area contributed by atoms with Crippen LogP contribution in [0.15, 0.2) is 36.5 Å². The number of aliphatic carboxylic acids is 1. The Bertz CT molecular complexity index is 804. The van der Waals surface area contributed by atoms with Crippen LogP contribution in [0.4, 0.5) is 5.69 Å². The third-order valence-electron chi connectivity index (χ3n) is 3.02. The number of anilines is 1. The van der Waals surface area contributed by atoms with E-state index in [1.165, 1.54) is 12.1 Å². The van der Waals surface area contributed by atoms with Crippen LogP contribution in [0.3, 0.4) is 0 Å². The molecule has 114 valence electrons. The van der Waals surface area contributed by atoms with E-state index in [0.29, 0.717) is 17.4 Å². The summed E-state index contributed by atoms with van der Waals surface area (Å²) in [5.74, 6) is -4.23. The molecule has 0 aliphatic heterocycles. The first-order valence-electron chi connectivity index (χ1n) is 6.34. The number of nitrogens with zero attached hydrogens (tertiary/aromatic N) is 1. The zero-order chi connectivity index (χ0) is 16.4. The number of hydrogen-bond donors (Lipinski definition) is 3. The van der Waals surface area contributed by atoms with Crippen LogP contribution in [0.2, 0.25) is 0 Å². The fraction of sp³-hybridized carbons (Fsp3) is 0.133. The lowest BCUT2D eigenvalue weighted by Crippen LogP contribution is -2.23. The van der Waals surface area contributed by atoms with Gasteiger partial charge in [0, 0.05) is 18.1 Å². The average molecular weight is 302 g/mol. The Morgan fingerprint density at radius 1 is 1.27 bits per heavy atom. The molecule has 2 aromatic rings. The zero-order valence-electron chi connectivity index (χ0n) is 11.8. The molecule has 2 rings (SSSR count). The summed E-state index contributed by atoms with van der Waals surface area (Å²) in [6, 6.07) is 4.58. The van der Waals surface area contributed by atoms with Crippen LogP contribution in [-0.2, 0) is 16.1 Å². The number of benzene rings is 1. The SMILES string of the molecule is C=C(C)Cn1ccc2cc(C(=O)O)c(NC(=O)C(=O)O)cc21. The Morgan fingerprint density at radius 3 is 2.50 bits per heavy atom. The Kier molecular flexibility index (Phi) is 3.98.